The summed E-state index contributed by atoms with van der Waals surface area (Å²) in [6, 6.07) is 0. The Hall–Kier alpha value is -2.34. The molecule has 0 aliphatic carbocycles. The molecular formula is C24H38N2O13. The lowest BCUT2D eigenvalue weighted by atomic mass is 10.4. The molecule has 0 unspecified atom stereocenters. The van der Waals surface area contributed by atoms with E-state index in [-0.39, 0.29) is 51.1 Å². The Balaban J connectivity index is 1.18. The molecule has 0 aromatic carbocycles. The fourth-order valence-corrected chi connectivity index (χ4v) is 3.01. The number of rotatable bonds is 26. The number of imide groups is 2. The average Bonchev–Trinajstić information content (AvgIpc) is 3.43. The summed E-state index contributed by atoms with van der Waals surface area (Å²) < 4.78 is 37.6. The number of hydroxylamine groups is 4. The molecule has 15 heteroatoms. The van der Waals surface area contributed by atoms with Gasteiger partial charge >= 0.3 is 0 Å². The van der Waals surface area contributed by atoms with E-state index in [2.05, 4.69) is 0 Å². The van der Waals surface area contributed by atoms with Gasteiger partial charge in [0.05, 0.1) is 106 Å². The first-order chi connectivity index (χ1) is 19.1. The number of carbonyl (C=O) groups excluding carboxylic acids is 4. The summed E-state index contributed by atoms with van der Waals surface area (Å²) >= 11 is 0. The number of carbonyl (C=O) groups is 4. The van der Waals surface area contributed by atoms with Crippen molar-refractivity contribution in [3.05, 3.63) is 12.2 Å². The molecule has 1 fully saturated rings. The third kappa shape index (κ3) is 15.1. The zero-order valence-corrected chi connectivity index (χ0v) is 22.1. The van der Waals surface area contributed by atoms with Crippen LogP contribution in [0, 0.1) is 0 Å². The van der Waals surface area contributed by atoms with E-state index in [1.165, 1.54) is 0 Å². The Morgan fingerprint density at radius 1 is 0.410 bits per heavy atom. The second-order valence-corrected chi connectivity index (χ2v) is 7.84. The van der Waals surface area contributed by atoms with Gasteiger partial charge in [0.25, 0.3) is 23.6 Å². The topological polar surface area (TPSA) is 158 Å². The van der Waals surface area contributed by atoms with Crippen molar-refractivity contribution in [2.45, 2.75) is 12.8 Å². The van der Waals surface area contributed by atoms with Crippen molar-refractivity contribution in [3.63, 3.8) is 0 Å². The molecule has 15 nitrogen and oxygen atoms in total. The van der Waals surface area contributed by atoms with Gasteiger partial charge in [-0.25, -0.2) is 0 Å². The third-order valence-corrected chi connectivity index (χ3v) is 4.90. The van der Waals surface area contributed by atoms with E-state index in [0.29, 0.717) is 84.3 Å². The van der Waals surface area contributed by atoms with Gasteiger partial charge < -0.3 is 33.2 Å². The van der Waals surface area contributed by atoms with Crippen molar-refractivity contribution in [2.75, 3.05) is 106 Å². The molecule has 0 bridgehead atoms. The molecule has 0 aromatic rings. The fourth-order valence-electron chi connectivity index (χ4n) is 3.01. The van der Waals surface area contributed by atoms with Crippen molar-refractivity contribution >= 4 is 23.6 Å². The molecule has 39 heavy (non-hydrogen) atoms. The maximum Gasteiger partial charge on any atom is 0.277 e. The summed E-state index contributed by atoms with van der Waals surface area (Å²) in [6.45, 7) is 5.70. The Bertz CT molecular complexity index is 706. The van der Waals surface area contributed by atoms with Crippen LogP contribution in [0.5, 0.6) is 0 Å². The maximum absolute atomic E-state index is 11.4. The minimum Gasteiger partial charge on any atom is -0.377 e. The van der Waals surface area contributed by atoms with E-state index in [0.717, 1.165) is 17.2 Å². The lowest BCUT2D eigenvalue weighted by molar-refractivity contribution is -0.191. The standard InChI is InChI=1S/C24H38N2O13/c27-21-1-2-22(28)25(21)38-19-17-36-15-13-34-11-9-32-7-5-31-6-8-33-10-12-35-14-16-37-18-20-39-26-23(29)3-4-24(26)30/h1-2H,3-20H2. The van der Waals surface area contributed by atoms with Crippen LogP contribution in [-0.4, -0.2) is 139 Å². The number of amides is 4. The third-order valence-electron chi connectivity index (χ3n) is 4.90. The lowest BCUT2D eigenvalue weighted by Gasteiger charge is -2.13. The minimum atomic E-state index is -0.498. The van der Waals surface area contributed by atoms with E-state index in [4.69, 9.17) is 42.8 Å². The van der Waals surface area contributed by atoms with Crippen LogP contribution in [0.4, 0.5) is 0 Å². The van der Waals surface area contributed by atoms with Gasteiger partial charge in [0.1, 0.15) is 0 Å². The Labute approximate surface area is 227 Å². The molecule has 2 rings (SSSR count). The quantitative estimate of drug-likeness (QED) is 0.0938. The highest BCUT2D eigenvalue weighted by molar-refractivity contribution is 6.11. The van der Waals surface area contributed by atoms with Gasteiger partial charge in [0, 0.05) is 25.0 Å². The van der Waals surface area contributed by atoms with Gasteiger partial charge in [-0.05, 0) is 0 Å². The Morgan fingerprint density at radius 3 is 0.974 bits per heavy atom. The molecule has 0 saturated carbocycles. The van der Waals surface area contributed by atoms with Crippen LogP contribution in [0.25, 0.3) is 0 Å². The van der Waals surface area contributed by atoms with Crippen molar-refractivity contribution in [2.24, 2.45) is 0 Å². The molecule has 1 saturated heterocycles. The molecule has 2 aliphatic heterocycles. The number of hydrogen-bond acceptors (Lipinski definition) is 13. The minimum absolute atomic E-state index is 0.0878. The van der Waals surface area contributed by atoms with Crippen LogP contribution < -0.4 is 0 Å². The van der Waals surface area contributed by atoms with Crippen LogP contribution in [-0.2, 0) is 62.0 Å². The molecule has 0 N–H and O–H groups in total. The zero-order valence-electron chi connectivity index (χ0n) is 22.1. The highest BCUT2D eigenvalue weighted by Crippen LogP contribution is 2.11. The molecule has 2 heterocycles. The average molecular weight is 563 g/mol. The van der Waals surface area contributed by atoms with Crippen LogP contribution in [0.1, 0.15) is 12.8 Å². The Kier molecular flexibility index (Phi) is 18.1. The van der Waals surface area contributed by atoms with Crippen LogP contribution in [0.15, 0.2) is 12.2 Å². The summed E-state index contributed by atoms with van der Waals surface area (Å²) in [5.74, 6) is -1.63. The smallest absolute Gasteiger partial charge is 0.277 e. The molecule has 0 atom stereocenters. The first-order valence-electron chi connectivity index (χ1n) is 12.8. The van der Waals surface area contributed by atoms with Gasteiger partial charge in [0.15, 0.2) is 0 Å². The van der Waals surface area contributed by atoms with E-state index >= 15 is 0 Å². The van der Waals surface area contributed by atoms with E-state index in [1.54, 1.807) is 0 Å². The van der Waals surface area contributed by atoms with Crippen molar-refractivity contribution in [3.8, 4) is 0 Å². The van der Waals surface area contributed by atoms with Gasteiger partial charge in [-0.15, -0.1) is 5.06 Å². The number of ether oxygens (including phenoxy) is 7. The van der Waals surface area contributed by atoms with E-state index in [9.17, 15) is 19.2 Å². The van der Waals surface area contributed by atoms with E-state index in [1.807, 2.05) is 0 Å². The monoisotopic (exact) mass is 562 g/mol. The van der Waals surface area contributed by atoms with Crippen molar-refractivity contribution in [1.82, 2.24) is 10.1 Å². The van der Waals surface area contributed by atoms with Crippen LogP contribution in [0.2, 0.25) is 0 Å². The van der Waals surface area contributed by atoms with Gasteiger partial charge in [0.2, 0.25) is 0 Å². The summed E-state index contributed by atoms with van der Waals surface area (Å²) in [4.78, 5) is 55.4. The predicted octanol–water partition coefficient (Wildman–Crippen LogP) is -0.960. The zero-order chi connectivity index (χ0) is 28.0. The summed E-state index contributed by atoms with van der Waals surface area (Å²) in [7, 11) is 0. The highest BCUT2D eigenvalue weighted by atomic mass is 16.7. The second-order valence-electron chi connectivity index (χ2n) is 7.84. The fraction of sp³-hybridized carbons (Fsp3) is 0.750. The molecule has 0 radical (unpaired) electrons. The second kappa shape index (κ2) is 21.5. The van der Waals surface area contributed by atoms with Crippen molar-refractivity contribution < 1.29 is 62.0 Å². The number of hydrogen-bond donors (Lipinski definition) is 0. The largest absolute Gasteiger partial charge is 0.377 e. The molecular weight excluding hydrogens is 524 g/mol. The summed E-state index contributed by atoms with van der Waals surface area (Å²) in [5.41, 5.74) is 0. The molecule has 2 aliphatic rings. The SMILES string of the molecule is O=C1C=CC(=O)N1OCCOCCOCCOCCOCCOCCOCCOCCON1C(=O)CCC1=O. The van der Waals surface area contributed by atoms with Crippen molar-refractivity contribution in [1.29, 1.82) is 0 Å². The Morgan fingerprint density at radius 2 is 0.667 bits per heavy atom. The predicted molar refractivity (Wildman–Crippen MR) is 130 cm³/mol. The normalized spacial score (nSPS) is 15.5. The first-order valence-corrected chi connectivity index (χ1v) is 12.8. The van der Waals surface area contributed by atoms with Crippen LogP contribution in [0.3, 0.4) is 0 Å². The summed E-state index contributed by atoms with van der Waals surface area (Å²) in [5, 5.41) is 1.50. The number of nitrogens with zero attached hydrogens (tertiary/aromatic N) is 2. The molecule has 0 spiro atoms. The van der Waals surface area contributed by atoms with Gasteiger partial charge in [-0.3, -0.25) is 28.9 Å². The van der Waals surface area contributed by atoms with Crippen LogP contribution >= 0.6 is 0 Å². The molecule has 222 valence electrons. The van der Waals surface area contributed by atoms with Gasteiger partial charge in [-0.2, -0.15) is 5.06 Å². The van der Waals surface area contributed by atoms with E-state index < -0.39 is 11.8 Å². The first kappa shape index (κ1) is 32.9. The highest BCUT2D eigenvalue weighted by Gasteiger charge is 2.30. The lowest BCUT2D eigenvalue weighted by Crippen LogP contribution is -2.31. The van der Waals surface area contributed by atoms with Gasteiger partial charge in [-0.1, -0.05) is 0 Å². The molecule has 0 aromatic heterocycles. The summed E-state index contributed by atoms with van der Waals surface area (Å²) in [6.07, 6.45) is 2.68. The molecule has 4 amide bonds. The maximum atomic E-state index is 11.4.